The van der Waals surface area contributed by atoms with Crippen LogP contribution >= 0.6 is 0 Å². The van der Waals surface area contributed by atoms with Gasteiger partial charge in [0, 0.05) is 92.9 Å². The van der Waals surface area contributed by atoms with Gasteiger partial charge in [-0.1, -0.05) is 191 Å². The van der Waals surface area contributed by atoms with Crippen LogP contribution < -0.4 is 5.73 Å². The standard InChI is InChI=1S/C22H35N.C21H32N2O.C18H26FN.C18H27N.C17H25N.2C15H23N/c1-21(2,3)23-16-8-11-20(23)19-10-7-6-9-18(19)17-12-14-22(4,5)15-13-17;1-21(2,3)23-14-6-9-19(23)18-8-5-4-7-17(18)15-10-12-16(13-11-15)20(22)24;1-17(2,3)20-11-7-10-16(20)14-9-6-5-8-13(14)15-12-18(15,4)19;1-17(2,3)19-13-7-10-16(19)14-8-5-6-9-15(14)18(4)11-12-18;1-17(2,3)18-12-6-9-16(18)15-8-5-4-7-14(15)13-10-11-13;2*1-12-8-5-6-9-13(12)14-10-7-11-16(14)15(2,3)4/h6-7,9-10,17,20H,8,11-16H2,1-5H3;4-5,7-8,15-16,19H,6,9-14H2,1-3H3,(H2,22,24);5-6,8-9,15-16H,7,10-12H2,1-4H3;5-6,8-9,16H,7,10-13H2,1-4H3;4-5,7-8,13,16H,6,9-12H2,1-3H3;2*5-6,8-9,14H,7,10-11H2,1-4H3/t20-;15?,16?,19-;;;16-;14-;/m01..10./s1. The molecule has 7 aromatic carbocycles. The van der Waals surface area contributed by atoms with Crippen LogP contribution in [0.2, 0.25) is 0 Å². The fourth-order valence-electron chi connectivity index (χ4n) is 26.2. The number of rotatable bonds is 13. The molecule has 9 nitrogen and oxygen atoms in total. The van der Waals surface area contributed by atoms with E-state index in [2.05, 4.69) is 384 Å². The minimum absolute atomic E-state index is 0.0889. The molecule has 5 unspecified atom stereocenters. The van der Waals surface area contributed by atoms with Crippen LogP contribution in [0.15, 0.2) is 170 Å². The summed E-state index contributed by atoms with van der Waals surface area (Å²) in [5, 5.41) is 0. The molecule has 136 heavy (non-hydrogen) atoms. The number of hydrogen-bond donors (Lipinski definition) is 1. The van der Waals surface area contributed by atoms with E-state index in [1.807, 2.05) is 0 Å². The Balaban J connectivity index is 0.000000135. The van der Waals surface area contributed by atoms with Gasteiger partial charge in [-0.05, 0) is 492 Å². The van der Waals surface area contributed by atoms with Crippen molar-refractivity contribution >= 4 is 5.91 Å². The highest BCUT2D eigenvalue weighted by molar-refractivity contribution is 5.76. The van der Waals surface area contributed by atoms with E-state index >= 15 is 0 Å². The molecule has 7 heterocycles. The monoisotopic (exact) mass is 1850 g/mol. The van der Waals surface area contributed by atoms with Crippen LogP contribution in [-0.4, -0.2) is 130 Å². The predicted octanol–water partition coefficient (Wildman–Crippen LogP) is 32.6. The number of carbonyl (C=O) groups is 1. The van der Waals surface area contributed by atoms with Gasteiger partial charge >= 0.3 is 0 Å². The molecule has 10 heteroatoms. The van der Waals surface area contributed by atoms with Crippen LogP contribution in [0.5, 0.6) is 0 Å². The molecule has 748 valence electrons. The van der Waals surface area contributed by atoms with E-state index in [-0.39, 0.29) is 56.5 Å². The maximum absolute atomic E-state index is 14.1. The van der Waals surface area contributed by atoms with Crippen molar-refractivity contribution in [3.8, 4) is 0 Å². The third kappa shape index (κ3) is 27.0. The Kier molecular flexibility index (Phi) is 34.8. The number of amides is 1. The highest BCUT2D eigenvalue weighted by Gasteiger charge is 2.54. The molecule has 5 saturated carbocycles. The van der Waals surface area contributed by atoms with Gasteiger partial charge in [-0.15, -0.1) is 0 Å². The maximum atomic E-state index is 14.1. The summed E-state index contributed by atoms with van der Waals surface area (Å²) in [7, 11) is 0. The Bertz CT molecular complexity index is 4880. The number of aryl methyl sites for hydroxylation is 2. The highest BCUT2D eigenvalue weighted by Crippen LogP contribution is 2.58. The van der Waals surface area contributed by atoms with Crippen LogP contribution in [0.4, 0.5) is 4.39 Å². The second-order valence-corrected chi connectivity index (χ2v) is 52.2. The van der Waals surface area contributed by atoms with Gasteiger partial charge in [0.1, 0.15) is 5.67 Å². The van der Waals surface area contributed by atoms with E-state index < -0.39 is 5.67 Å². The molecule has 12 fully saturated rings. The molecule has 1 amide bonds. The number of alkyl halides is 1. The van der Waals surface area contributed by atoms with Crippen molar-refractivity contribution < 1.29 is 9.18 Å². The summed E-state index contributed by atoms with van der Waals surface area (Å²) in [5.41, 5.74) is 28.7. The fraction of sp³-hybridized carbons (Fsp3) is 0.659. The summed E-state index contributed by atoms with van der Waals surface area (Å²) in [5.74, 6) is 2.31. The van der Waals surface area contributed by atoms with Crippen LogP contribution in [0.3, 0.4) is 0 Å². The number of benzene rings is 7. The van der Waals surface area contributed by atoms with Gasteiger partial charge in [-0.3, -0.25) is 39.1 Å². The Morgan fingerprint density at radius 2 is 0.493 bits per heavy atom. The van der Waals surface area contributed by atoms with Crippen molar-refractivity contribution in [2.24, 2.45) is 17.1 Å². The first-order chi connectivity index (χ1) is 63.9. The fourth-order valence-corrected chi connectivity index (χ4v) is 26.2. The lowest BCUT2D eigenvalue weighted by Gasteiger charge is -2.40. The molecule has 5 aliphatic carbocycles. The zero-order chi connectivity index (χ0) is 98.5. The van der Waals surface area contributed by atoms with Crippen molar-refractivity contribution in [1.29, 1.82) is 0 Å². The van der Waals surface area contributed by atoms with Crippen LogP contribution in [0.1, 0.15) is 490 Å². The smallest absolute Gasteiger partial charge is 0.220 e. The van der Waals surface area contributed by atoms with E-state index in [1.165, 1.54) is 225 Å². The number of nitrogens with zero attached hydrogens (tertiary/aromatic N) is 7. The number of carbonyl (C=O) groups excluding carboxylic acids is 1. The lowest BCUT2D eigenvalue weighted by molar-refractivity contribution is -0.122. The Morgan fingerprint density at radius 1 is 0.279 bits per heavy atom. The average Bonchev–Trinajstić information content (AvgIpc) is 1.61. The highest BCUT2D eigenvalue weighted by atomic mass is 19.1. The van der Waals surface area contributed by atoms with E-state index in [1.54, 1.807) is 40.3 Å². The molecule has 9 atom stereocenters. The first-order valence-corrected chi connectivity index (χ1v) is 54.9. The van der Waals surface area contributed by atoms with Crippen LogP contribution in [-0.2, 0) is 10.2 Å². The van der Waals surface area contributed by atoms with Crippen molar-refractivity contribution in [2.45, 2.75) is 476 Å². The zero-order valence-electron chi connectivity index (χ0n) is 91.1. The van der Waals surface area contributed by atoms with Gasteiger partial charge in [0.15, 0.2) is 0 Å². The Labute approximate surface area is 830 Å². The normalized spacial score (nSPS) is 27.1. The van der Waals surface area contributed by atoms with Gasteiger partial charge in [0.25, 0.3) is 0 Å². The SMILES string of the molecule is CC(C)(C)N1CCC[C@@H]1c1ccccc1C1CC1.CC(C)(C)N1CCC[C@@H]1c1ccccc1C1CCC(C(N)=O)CC1.CC1(C)CCC(c2ccccc2[C@@H]2CCCN2C(C)(C)C)CC1.CC1(F)CC1c1ccccc1C1CCCN1C(C)(C)C.CC1(c2ccccc2C2CCCN2C(C)(C)C)CC1.Cc1ccccc1C1CCCN1C(C)(C)C.Cc1ccccc1[C@@H]1CCCN1C(C)(C)C. The van der Waals surface area contributed by atoms with Crippen molar-refractivity contribution in [3.05, 3.63) is 248 Å². The minimum Gasteiger partial charge on any atom is -0.369 e. The molecular formula is C126H191FN8O. The summed E-state index contributed by atoms with van der Waals surface area (Å²) < 4.78 is 14.1. The molecule has 7 saturated heterocycles. The van der Waals surface area contributed by atoms with Crippen molar-refractivity contribution in [3.63, 3.8) is 0 Å². The predicted molar refractivity (Wildman–Crippen MR) is 578 cm³/mol. The quantitative estimate of drug-likeness (QED) is 0.123. The zero-order valence-corrected chi connectivity index (χ0v) is 91.1. The van der Waals surface area contributed by atoms with Crippen LogP contribution in [0, 0.1) is 25.2 Å². The number of nitrogens with two attached hydrogens (primary N) is 1. The molecule has 7 aliphatic heterocycles. The molecule has 0 spiro atoms. The third-order valence-corrected chi connectivity index (χ3v) is 34.2. The summed E-state index contributed by atoms with van der Waals surface area (Å²) in [4.78, 5) is 30.1. The lowest BCUT2D eigenvalue weighted by Crippen LogP contribution is -2.41. The van der Waals surface area contributed by atoms with Gasteiger partial charge < -0.3 is 5.73 Å². The molecule has 2 N–H and O–H groups in total. The summed E-state index contributed by atoms with van der Waals surface area (Å²) >= 11 is 0. The van der Waals surface area contributed by atoms with E-state index in [4.69, 9.17) is 5.73 Å². The van der Waals surface area contributed by atoms with Crippen molar-refractivity contribution in [1.82, 2.24) is 34.3 Å². The molecule has 0 radical (unpaired) electrons. The molecular weight excluding hydrogens is 1660 g/mol. The van der Waals surface area contributed by atoms with Gasteiger partial charge in [-0.25, -0.2) is 4.39 Å². The van der Waals surface area contributed by atoms with E-state index in [0.29, 0.717) is 65.5 Å². The summed E-state index contributed by atoms with van der Waals surface area (Å²) in [6.07, 6.45) is 34.1. The second-order valence-electron chi connectivity index (χ2n) is 52.2. The van der Waals surface area contributed by atoms with Crippen molar-refractivity contribution in [2.75, 3.05) is 45.8 Å². The maximum Gasteiger partial charge on any atom is 0.220 e. The number of hydrogen-bond acceptors (Lipinski definition) is 8. The average molecular weight is 1850 g/mol. The van der Waals surface area contributed by atoms with Gasteiger partial charge in [0.2, 0.25) is 5.91 Å². The first-order valence-electron chi connectivity index (χ1n) is 54.9. The topological polar surface area (TPSA) is 65.8 Å². The Morgan fingerprint density at radius 3 is 0.743 bits per heavy atom. The largest absolute Gasteiger partial charge is 0.369 e. The number of likely N-dealkylation sites (tertiary alicyclic amines) is 7. The molecule has 0 bridgehead atoms. The van der Waals surface area contributed by atoms with Gasteiger partial charge in [0.05, 0.1) is 0 Å². The van der Waals surface area contributed by atoms with E-state index in [9.17, 15) is 9.18 Å². The summed E-state index contributed by atoms with van der Waals surface area (Å²) in [6.45, 7) is 71.1. The number of halogens is 1. The third-order valence-electron chi connectivity index (χ3n) is 34.2. The summed E-state index contributed by atoms with van der Waals surface area (Å²) in [6, 6.07) is 67.1. The molecule has 12 aliphatic rings. The first kappa shape index (κ1) is 107. The van der Waals surface area contributed by atoms with E-state index in [0.717, 1.165) is 44.1 Å². The Hall–Kier alpha value is -6.34. The lowest BCUT2D eigenvalue weighted by atomic mass is 9.70. The number of primary amides is 1. The molecule has 7 aromatic rings. The molecule has 19 rings (SSSR count). The second kappa shape index (κ2) is 44.3. The minimum atomic E-state index is -0.985. The van der Waals surface area contributed by atoms with Crippen LogP contribution in [0.25, 0.3) is 0 Å². The molecule has 0 aromatic heterocycles. The van der Waals surface area contributed by atoms with Gasteiger partial charge in [-0.2, -0.15) is 0 Å².